The van der Waals surface area contributed by atoms with Gasteiger partial charge in [0.2, 0.25) is 5.91 Å². The number of amides is 2. The van der Waals surface area contributed by atoms with E-state index >= 15 is 0 Å². The molecule has 0 spiro atoms. The number of imide groups is 1. The van der Waals surface area contributed by atoms with Gasteiger partial charge in [0.1, 0.15) is 5.75 Å². The molecular weight excluding hydrogens is 354 g/mol. The van der Waals surface area contributed by atoms with Crippen LogP contribution in [0.3, 0.4) is 0 Å². The van der Waals surface area contributed by atoms with Crippen LogP contribution in [0.15, 0.2) is 48.7 Å². The molecule has 2 amide bonds. The predicted molar refractivity (Wildman–Crippen MR) is 109 cm³/mol. The van der Waals surface area contributed by atoms with Gasteiger partial charge in [0, 0.05) is 23.6 Å². The number of H-pyrrole nitrogens is 1. The number of aromatic nitrogens is 1. The van der Waals surface area contributed by atoms with E-state index in [0.29, 0.717) is 12.2 Å². The highest BCUT2D eigenvalue weighted by atomic mass is 16.5. The monoisotopic (exact) mass is 377 g/mol. The zero-order valence-electron chi connectivity index (χ0n) is 16.0. The molecule has 0 radical (unpaired) electrons. The molecule has 1 aliphatic rings. The number of fused-ring (bicyclic) bond motifs is 1. The van der Waals surface area contributed by atoms with E-state index in [0.717, 1.165) is 34.2 Å². The molecule has 2 aromatic carbocycles. The number of hydrogen-bond donors (Lipinski definition) is 2. The number of carbonyl (C=O) groups is 2. The van der Waals surface area contributed by atoms with Gasteiger partial charge in [-0.3, -0.25) is 9.59 Å². The van der Waals surface area contributed by atoms with Crippen LogP contribution in [0.5, 0.6) is 5.75 Å². The van der Waals surface area contributed by atoms with E-state index in [2.05, 4.69) is 10.3 Å². The first kappa shape index (κ1) is 18.3. The maximum atomic E-state index is 12.7. The van der Waals surface area contributed by atoms with Gasteiger partial charge in [-0.25, -0.2) is 4.90 Å². The molecule has 0 aliphatic carbocycles. The fourth-order valence-electron chi connectivity index (χ4n) is 3.63. The minimum atomic E-state index is -0.478. The number of aryl methyl sites for hydroxylation is 1. The van der Waals surface area contributed by atoms with Crippen LogP contribution < -0.4 is 15.0 Å². The number of nitrogens with zero attached hydrogens (tertiary/aromatic N) is 1. The lowest BCUT2D eigenvalue weighted by Crippen LogP contribution is -2.39. The van der Waals surface area contributed by atoms with Gasteiger partial charge in [0.05, 0.1) is 25.3 Å². The number of rotatable bonds is 6. The Bertz CT molecular complexity index is 1020. The van der Waals surface area contributed by atoms with Crippen LogP contribution in [-0.4, -0.2) is 36.5 Å². The lowest BCUT2D eigenvalue weighted by atomic mass is 10.1. The van der Waals surface area contributed by atoms with Crippen LogP contribution in [0.1, 0.15) is 17.5 Å². The van der Waals surface area contributed by atoms with Crippen LogP contribution in [0.25, 0.3) is 10.9 Å². The van der Waals surface area contributed by atoms with Crippen molar-refractivity contribution in [2.45, 2.75) is 25.8 Å². The summed E-state index contributed by atoms with van der Waals surface area (Å²) in [5, 5.41) is 4.35. The molecule has 1 aromatic heterocycles. The number of aromatic amines is 1. The van der Waals surface area contributed by atoms with Crippen molar-refractivity contribution in [2.24, 2.45) is 0 Å². The molecule has 4 rings (SSSR count). The Morgan fingerprint density at radius 3 is 2.71 bits per heavy atom. The number of hydrogen-bond acceptors (Lipinski definition) is 4. The predicted octanol–water partition coefficient (Wildman–Crippen LogP) is 2.95. The molecule has 28 heavy (non-hydrogen) atoms. The van der Waals surface area contributed by atoms with Gasteiger partial charge >= 0.3 is 0 Å². The molecular formula is C22H23N3O3. The van der Waals surface area contributed by atoms with E-state index in [1.54, 1.807) is 7.11 Å². The number of ether oxygens (including phenoxy) is 1. The Morgan fingerprint density at radius 2 is 1.96 bits per heavy atom. The Balaban J connectivity index is 1.41. The number of methoxy groups -OCH3 is 1. The first-order chi connectivity index (χ1) is 13.6. The summed E-state index contributed by atoms with van der Waals surface area (Å²) in [7, 11) is 1.65. The van der Waals surface area contributed by atoms with E-state index < -0.39 is 6.04 Å². The summed E-state index contributed by atoms with van der Waals surface area (Å²) < 4.78 is 5.30. The number of carbonyl (C=O) groups excluding carboxylic acids is 2. The van der Waals surface area contributed by atoms with Gasteiger partial charge in [0.15, 0.2) is 0 Å². The second kappa shape index (κ2) is 7.48. The SMILES string of the molecule is COc1ccc2[nH]cc(CCN[C@H]3CC(=O)N(c4ccc(C)cc4)C3=O)c2c1. The quantitative estimate of drug-likeness (QED) is 0.648. The Hall–Kier alpha value is -3.12. The highest BCUT2D eigenvalue weighted by Gasteiger charge is 2.39. The summed E-state index contributed by atoms with van der Waals surface area (Å²) in [5.41, 5.74) is 3.92. The summed E-state index contributed by atoms with van der Waals surface area (Å²) in [6.45, 7) is 2.58. The molecule has 144 valence electrons. The number of anilines is 1. The molecule has 0 saturated carbocycles. The minimum Gasteiger partial charge on any atom is -0.497 e. The summed E-state index contributed by atoms with van der Waals surface area (Å²) in [5.74, 6) is 0.462. The van der Waals surface area contributed by atoms with Crippen LogP contribution in [0, 0.1) is 6.92 Å². The third kappa shape index (κ3) is 3.39. The lowest BCUT2D eigenvalue weighted by molar-refractivity contribution is -0.121. The van der Waals surface area contributed by atoms with E-state index in [1.165, 1.54) is 4.90 Å². The zero-order valence-corrected chi connectivity index (χ0v) is 16.0. The third-order valence-corrected chi connectivity index (χ3v) is 5.20. The average molecular weight is 377 g/mol. The molecule has 1 saturated heterocycles. The topological polar surface area (TPSA) is 74.4 Å². The van der Waals surface area contributed by atoms with Gasteiger partial charge in [0.25, 0.3) is 5.91 Å². The Morgan fingerprint density at radius 1 is 1.18 bits per heavy atom. The molecule has 0 bridgehead atoms. The molecule has 0 unspecified atom stereocenters. The second-order valence-electron chi connectivity index (χ2n) is 7.09. The Labute approximate surface area is 163 Å². The summed E-state index contributed by atoms with van der Waals surface area (Å²) in [6.07, 6.45) is 2.91. The zero-order chi connectivity index (χ0) is 19.7. The smallest absolute Gasteiger partial charge is 0.251 e. The van der Waals surface area contributed by atoms with Crippen LogP contribution >= 0.6 is 0 Å². The molecule has 1 aliphatic heterocycles. The van der Waals surface area contributed by atoms with Crippen molar-refractivity contribution in [3.8, 4) is 5.75 Å². The molecule has 1 atom stereocenters. The van der Waals surface area contributed by atoms with Crippen molar-refractivity contribution in [2.75, 3.05) is 18.6 Å². The highest BCUT2D eigenvalue weighted by Crippen LogP contribution is 2.25. The van der Waals surface area contributed by atoms with E-state index in [9.17, 15) is 9.59 Å². The summed E-state index contributed by atoms with van der Waals surface area (Å²) >= 11 is 0. The van der Waals surface area contributed by atoms with Crippen LogP contribution in [0.4, 0.5) is 5.69 Å². The molecule has 1 fully saturated rings. The van der Waals surface area contributed by atoms with Gasteiger partial charge < -0.3 is 15.0 Å². The van der Waals surface area contributed by atoms with Crippen molar-refractivity contribution in [3.05, 3.63) is 59.8 Å². The first-order valence-electron chi connectivity index (χ1n) is 9.37. The normalized spacial score (nSPS) is 16.9. The van der Waals surface area contributed by atoms with Gasteiger partial charge in [-0.1, -0.05) is 17.7 Å². The summed E-state index contributed by atoms with van der Waals surface area (Å²) in [6, 6.07) is 12.9. The first-order valence-corrected chi connectivity index (χ1v) is 9.37. The molecule has 2 heterocycles. The fourth-order valence-corrected chi connectivity index (χ4v) is 3.63. The Kier molecular flexibility index (Phi) is 4.88. The third-order valence-electron chi connectivity index (χ3n) is 5.20. The van der Waals surface area contributed by atoms with Crippen LogP contribution in [-0.2, 0) is 16.0 Å². The second-order valence-corrected chi connectivity index (χ2v) is 7.09. The van der Waals surface area contributed by atoms with Crippen molar-refractivity contribution in [1.29, 1.82) is 0 Å². The maximum absolute atomic E-state index is 12.7. The summed E-state index contributed by atoms with van der Waals surface area (Å²) in [4.78, 5) is 29.6. The van der Waals surface area contributed by atoms with Gasteiger partial charge in [-0.15, -0.1) is 0 Å². The molecule has 2 N–H and O–H groups in total. The number of benzene rings is 2. The van der Waals surface area contributed by atoms with Gasteiger partial charge in [-0.05, 0) is 49.2 Å². The molecule has 3 aromatic rings. The van der Waals surface area contributed by atoms with E-state index in [1.807, 2.05) is 55.6 Å². The standard InChI is InChI=1S/C22H23N3O3/c1-14-3-5-16(6-4-14)25-21(26)12-20(22(25)27)23-10-9-15-13-24-19-8-7-17(28-2)11-18(15)19/h3-8,11,13,20,23-24H,9-10,12H2,1-2H3/t20-/m0/s1. The maximum Gasteiger partial charge on any atom is 0.251 e. The fraction of sp³-hybridized carbons (Fsp3) is 0.273. The van der Waals surface area contributed by atoms with Crippen molar-refractivity contribution in [1.82, 2.24) is 10.3 Å². The van der Waals surface area contributed by atoms with Crippen molar-refractivity contribution >= 4 is 28.4 Å². The minimum absolute atomic E-state index is 0.164. The molecule has 6 nitrogen and oxygen atoms in total. The van der Waals surface area contributed by atoms with Crippen molar-refractivity contribution in [3.63, 3.8) is 0 Å². The van der Waals surface area contributed by atoms with Gasteiger partial charge in [-0.2, -0.15) is 0 Å². The average Bonchev–Trinajstić information content (AvgIpc) is 3.23. The van der Waals surface area contributed by atoms with Crippen LogP contribution in [0.2, 0.25) is 0 Å². The number of nitrogens with one attached hydrogen (secondary N) is 2. The van der Waals surface area contributed by atoms with Crippen molar-refractivity contribution < 1.29 is 14.3 Å². The lowest BCUT2D eigenvalue weighted by Gasteiger charge is -2.15. The molecule has 6 heteroatoms. The largest absolute Gasteiger partial charge is 0.497 e. The van der Waals surface area contributed by atoms with E-state index in [4.69, 9.17) is 4.74 Å². The highest BCUT2D eigenvalue weighted by molar-refractivity contribution is 6.22. The van der Waals surface area contributed by atoms with E-state index in [-0.39, 0.29) is 18.2 Å².